The summed E-state index contributed by atoms with van der Waals surface area (Å²) in [5.74, 6) is -0.307. The van der Waals surface area contributed by atoms with Gasteiger partial charge in [-0.15, -0.1) is 0 Å². The zero-order valence-electron chi connectivity index (χ0n) is 14.6. The number of pyridine rings is 1. The van der Waals surface area contributed by atoms with E-state index in [4.69, 9.17) is 0 Å². The quantitative estimate of drug-likeness (QED) is 0.764. The molecule has 0 saturated heterocycles. The standard InChI is InChI=1S/C21H17N3O3/c25-17-12-16(22-24(17)14-8-2-1-3-9-14)18-20(26)15-10-4-6-13-7-5-11-23(19(13)15)21(18)27/h1-4,6,8-10,26H,5,7,11-12H2. The van der Waals surface area contributed by atoms with Gasteiger partial charge in [0.2, 0.25) is 0 Å². The van der Waals surface area contributed by atoms with Gasteiger partial charge in [-0.2, -0.15) is 5.10 Å². The van der Waals surface area contributed by atoms with Crippen molar-refractivity contribution >= 4 is 28.2 Å². The number of benzene rings is 2. The second kappa shape index (κ2) is 5.81. The van der Waals surface area contributed by atoms with Crippen molar-refractivity contribution in [1.29, 1.82) is 0 Å². The van der Waals surface area contributed by atoms with Crippen molar-refractivity contribution < 1.29 is 9.90 Å². The lowest BCUT2D eigenvalue weighted by Gasteiger charge is -2.21. The summed E-state index contributed by atoms with van der Waals surface area (Å²) in [6.07, 6.45) is 1.75. The van der Waals surface area contributed by atoms with Gasteiger partial charge in [-0.05, 0) is 36.6 Å². The van der Waals surface area contributed by atoms with E-state index >= 15 is 0 Å². The number of carbonyl (C=O) groups excluding carboxylic acids is 1. The molecule has 6 nitrogen and oxygen atoms in total. The summed E-state index contributed by atoms with van der Waals surface area (Å²) in [4.78, 5) is 25.6. The average molecular weight is 359 g/mol. The minimum Gasteiger partial charge on any atom is -0.506 e. The SMILES string of the molecule is O=C1CC(c2c(O)c3cccc4c3n(c2=O)CCC4)=NN1c1ccccc1. The molecule has 27 heavy (non-hydrogen) atoms. The Hall–Kier alpha value is -3.41. The Bertz CT molecular complexity index is 1180. The van der Waals surface area contributed by atoms with Gasteiger partial charge in [-0.1, -0.05) is 30.3 Å². The molecule has 134 valence electrons. The van der Waals surface area contributed by atoms with Crippen molar-refractivity contribution in [3.05, 3.63) is 70.0 Å². The van der Waals surface area contributed by atoms with Crippen LogP contribution < -0.4 is 10.6 Å². The van der Waals surface area contributed by atoms with Crippen LogP contribution in [0.25, 0.3) is 10.9 Å². The van der Waals surface area contributed by atoms with Crippen molar-refractivity contribution in [2.45, 2.75) is 25.8 Å². The minimum absolute atomic E-state index is 0.0110. The number of anilines is 1. The highest BCUT2D eigenvalue weighted by Crippen LogP contribution is 2.33. The Kier molecular flexibility index (Phi) is 3.40. The van der Waals surface area contributed by atoms with Gasteiger partial charge in [0.05, 0.1) is 23.3 Å². The predicted molar refractivity (Wildman–Crippen MR) is 103 cm³/mol. The molecule has 3 heterocycles. The number of hydrogen-bond acceptors (Lipinski definition) is 4. The van der Waals surface area contributed by atoms with Crippen LogP contribution >= 0.6 is 0 Å². The molecule has 0 fully saturated rings. The molecule has 1 aromatic heterocycles. The number of hydrogen-bond donors (Lipinski definition) is 1. The molecule has 2 aromatic carbocycles. The molecular formula is C21H17N3O3. The zero-order valence-corrected chi connectivity index (χ0v) is 14.6. The fourth-order valence-electron chi connectivity index (χ4n) is 4.02. The number of rotatable bonds is 2. The van der Waals surface area contributed by atoms with Crippen LogP contribution in [-0.4, -0.2) is 21.3 Å². The van der Waals surface area contributed by atoms with E-state index in [1.807, 2.05) is 36.4 Å². The van der Waals surface area contributed by atoms with E-state index in [9.17, 15) is 14.7 Å². The van der Waals surface area contributed by atoms with Gasteiger partial charge >= 0.3 is 0 Å². The van der Waals surface area contributed by atoms with E-state index in [2.05, 4.69) is 5.10 Å². The first-order valence-corrected chi connectivity index (χ1v) is 8.98. The normalized spacial score (nSPS) is 16.1. The summed E-state index contributed by atoms with van der Waals surface area (Å²) in [6, 6.07) is 14.8. The van der Waals surface area contributed by atoms with Crippen LogP contribution in [0.2, 0.25) is 0 Å². The first-order chi connectivity index (χ1) is 13.1. The zero-order chi connectivity index (χ0) is 18.5. The van der Waals surface area contributed by atoms with Gasteiger partial charge in [0, 0.05) is 11.9 Å². The Morgan fingerprint density at radius 2 is 1.81 bits per heavy atom. The van der Waals surface area contributed by atoms with Crippen LogP contribution in [-0.2, 0) is 17.8 Å². The maximum absolute atomic E-state index is 13.2. The lowest BCUT2D eigenvalue weighted by molar-refractivity contribution is -0.116. The van der Waals surface area contributed by atoms with E-state index < -0.39 is 0 Å². The molecule has 0 radical (unpaired) electrons. The fraction of sp³-hybridized carbons (Fsp3) is 0.190. The Morgan fingerprint density at radius 3 is 2.63 bits per heavy atom. The molecule has 0 spiro atoms. The summed E-state index contributed by atoms with van der Waals surface area (Å²) < 4.78 is 1.71. The largest absolute Gasteiger partial charge is 0.506 e. The molecule has 0 saturated carbocycles. The van der Waals surface area contributed by atoms with Crippen LogP contribution in [0.5, 0.6) is 5.75 Å². The topological polar surface area (TPSA) is 74.9 Å². The van der Waals surface area contributed by atoms with Gasteiger partial charge in [-0.3, -0.25) is 9.59 Å². The third-order valence-electron chi connectivity index (χ3n) is 5.23. The lowest BCUT2D eigenvalue weighted by atomic mass is 9.97. The second-order valence-corrected chi connectivity index (χ2v) is 6.86. The average Bonchev–Trinajstić information content (AvgIpc) is 3.08. The highest BCUT2D eigenvalue weighted by Gasteiger charge is 2.31. The van der Waals surface area contributed by atoms with Crippen LogP contribution in [0.1, 0.15) is 24.0 Å². The number of aromatic nitrogens is 1. The van der Waals surface area contributed by atoms with Crippen molar-refractivity contribution in [3.63, 3.8) is 0 Å². The number of aryl methyl sites for hydroxylation is 2. The minimum atomic E-state index is -0.284. The lowest BCUT2D eigenvalue weighted by Crippen LogP contribution is -2.29. The maximum atomic E-state index is 13.2. The van der Waals surface area contributed by atoms with Gasteiger partial charge in [0.15, 0.2) is 0 Å². The number of amides is 1. The van der Waals surface area contributed by atoms with Crippen molar-refractivity contribution in [2.24, 2.45) is 5.10 Å². The third kappa shape index (κ3) is 2.30. The van der Waals surface area contributed by atoms with Crippen molar-refractivity contribution in [3.8, 4) is 5.75 Å². The van der Waals surface area contributed by atoms with Crippen LogP contribution in [0.4, 0.5) is 5.69 Å². The van der Waals surface area contributed by atoms with Gasteiger partial charge < -0.3 is 9.67 Å². The third-order valence-corrected chi connectivity index (χ3v) is 5.23. The van der Waals surface area contributed by atoms with Gasteiger partial charge in [0.1, 0.15) is 11.3 Å². The first-order valence-electron chi connectivity index (χ1n) is 8.98. The second-order valence-electron chi connectivity index (χ2n) is 6.86. The number of para-hydroxylation sites is 2. The molecule has 1 N–H and O–H groups in total. The Balaban J connectivity index is 1.73. The van der Waals surface area contributed by atoms with E-state index in [1.165, 1.54) is 5.01 Å². The molecule has 6 heteroatoms. The number of nitrogens with zero attached hydrogens (tertiary/aromatic N) is 3. The van der Waals surface area contributed by atoms with Gasteiger partial charge in [0.25, 0.3) is 11.5 Å². The Labute approximate surface area is 155 Å². The van der Waals surface area contributed by atoms with Crippen molar-refractivity contribution in [2.75, 3.05) is 5.01 Å². The summed E-state index contributed by atoms with van der Waals surface area (Å²) in [5, 5.41) is 17.2. The molecule has 0 bridgehead atoms. The van der Waals surface area contributed by atoms with Crippen LogP contribution in [0, 0.1) is 0 Å². The summed E-state index contributed by atoms with van der Waals surface area (Å²) in [5.41, 5.74) is 2.66. The smallest absolute Gasteiger partial charge is 0.264 e. The molecule has 3 aromatic rings. The van der Waals surface area contributed by atoms with E-state index in [0.717, 1.165) is 23.9 Å². The monoisotopic (exact) mass is 359 g/mol. The Morgan fingerprint density at radius 1 is 1.00 bits per heavy atom. The van der Waals surface area contributed by atoms with E-state index in [1.54, 1.807) is 16.7 Å². The summed E-state index contributed by atoms with van der Waals surface area (Å²) in [7, 11) is 0. The fourth-order valence-corrected chi connectivity index (χ4v) is 4.02. The van der Waals surface area contributed by atoms with Crippen molar-refractivity contribution in [1.82, 2.24) is 4.57 Å². The molecular weight excluding hydrogens is 342 g/mol. The highest BCUT2D eigenvalue weighted by molar-refractivity contribution is 6.21. The molecule has 0 atom stereocenters. The number of carbonyl (C=O) groups is 1. The first kappa shape index (κ1) is 15.8. The predicted octanol–water partition coefficient (Wildman–Crippen LogP) is 2.79. The van der Waals surface area contributed by atoms with Crippen LogP contribution in [0.3, 0.4) is 0 Å². The molecule has 0 unspecified atom stereocenters. The molecule has 2 aliphatic heterocycles. The maximum Gasteiger partial charge on any atom is 0.264 e. The number of hydrazone groups is 1. The van der Waals surface area contributed by atoms with Gasteiger partial charge in [-0.25, -0.2) is 5.01 Å². The summed E-state index contributed by atoms with van der Waals surface area (Å²) in [6.45, 7) is 0.600. The van der Waals surface area contributed by atoms with E-state index in [-0.39, 0.29) is 29.2 Å². The van der Waals surface area contributed by atoms with E-state index in [0.29, 0.717) is 23.3 Å². The molecule has 1 amide bonds. The van der Waals surface area contributed by atoms with Crippen LogP contribution in [0.15, 0.2) is 58.4 Å². The highest BCUT2D eigenvalue weighted by atomic mass is 16.3. The molecule has 2 aliphatic rings. The molecule has 0 aliphatic carbocycles. The molecule has 5 rings (SSSR count). The number of aromatic hydroxyl groups is 1. The summed E-state index contributed by atoms with van der Waals surface area (Å²) >= 11 is 0.